The van der Waals surface area contributed by atoms with Crippen molar-refractivity contribution in [3.63, 3.8) is 0 Å². The summed E-state index contributed by atoms with van der Waals surface area (Å²) in [5.74, 6) is -1.04. The maximum absolute atomic E-state index is 12.0. The molecule has 1 aromatic heterocycles. The van der Waals surface area contributed by atoms with E-state index in [4.69, 9.17) is 9.84 Å². The smallest absolute Gasteiger partial charge is 0.328 e. The number of aromatic nitrogens is 2. The molecule has 0 aliphatic carbocycles. The summed E-state index contributed by atoms with van der Waals surface area (Å²) in [6, 6.07) is -1.26. The summed E-state index contributed by atoms with van der Waals surface area (Å²) in [5.41, 5.74) is 0. The van der Waals surface area contributed by atoms with Crippen molar-refractivity contribution < 1.29 is 19.4 Å². The molecule has 1 aliphatic heterocycles. The molecule has 1 unspecified atom stereocenters. The summed E-state index contributed by atoms with van der Waals surface area (Å²) in [5, 5.41) is 11.8. The zero-order chi connectivity index (χ0) is 14.4. The first-order chi connectivity index (χ1) is 9.68. The second-order valence-electron chi connectivity index (χ2n) is 4.51. The molecular formula is C12H18N4O4. The molecule has 2 rings (SSSR count). The zero-order valence-corrected chi connectivity index (χ0v) is 11.1. The minimum atomic E-state index is -1.04. The number of urea groups is 1. The number of carbonyl (C=O) groups excluding carboxylic acids is 1. The normalized spacial score (nSPS) is 18.8. The Balaban J connectivity index is 1.74. The van der Waals surface area contributed by atoms with Crippen LogP contribution in [-0.4, -0.2) is 63.9 Å². The van der Waals surface area contributed by atoms with Crippen LogP contribution in [-0.2, 0) is 16.1 Å². The van der Waals surface area contributed by atoms with E-state index in [1.54, 1.807) is 12.5 Å². The van der Waals surface area contributed by atoms with Crippen LogP contribution in [0.1, 0.15) is 6.42 Å². The first-order valence-electron chi connectivity index (χ1n) is 6.49. The van der Waals surface area contributed by atoms with Crippen molar-refractivity contribution >= 4 is 12.0 Å². The van der Waals surface area contributed by atoms with Gasteiger partial charge in [0.1, 0.15) is 0 Å². The molecule has 1 saturated heterocycles. The topological polar surface area (TPSA) is 96.7 Å². The summed E-state index contributed by atoms with van der Waals surface area (Å²) in [7, 11) is 0. The van der Waals surface area contributed by atoms with E-state index in [0.717, 1.165) is 13.0 Å². The lowest BCUT2D eigenvalue weighted by molar-refractivity contribution is -0.147. The van der Waals surface area contributed by atoms with Crippen molar-refractivity contribution in [3.8, 4) is 0 Å². The number of aliphatic carboxylic acids is 1. The number of nitrogens with zero attached hydrogens (tertiary/aromatic N) is 3. The van der Waals surface area contributed by atoms with Crippen LogP contribution in [0.3, 0.4) is 0 Å². The molecule has 8 nitrogen and oxygen atoms in total. The van der Waals surface area contributed by atoms with E-state index in [2.05, 4.69) is 10.3 Å². The van der Waals surface area contributed by atoms with Gasteiger partial charge >= 0.3 is 12.0 Å². The molecule has 2 amide bonds. The first-order valence-corrected chi connectivity index (χ1v) is 6.49. The van der Waals surface area contributed by atoms with Crippen molar-refractivity contribution in [1.82, 2.24) is 19.8 Å². The van der Waals surface area contributed by atoms with Crippen LogP contribution in [0.4, 0.5) is 4.79 Å². The summed E-state index contributed by atoms with van der Waals surface area (Å²) in [6.07, 6.45) is 6.02. The number of rotatable bonds is 5. The minimum absolute atomic E-state index is 0.0395. The third-order valence-corrected chi connectivity index (χ3v) is 3.10. The molecule has 0 aromatic carbocycles. The number of carboxylic acids is 1. The Labute approximate surface area is 116 Å². The number of imidazole rings is 1. The molecule has 0 saturated carbocycles. The number of carboxylic acid groups (broad SMARTS) is 1. The van der Waals surface area contributed by atoms with Gasteiger partial charge in [-0.3, -0.25) is 0 Å². The molecular weight excluding hydrogens is 264 g/mol. The number of hydrogen-bond donors (Lipinski definition) is 2. The number of morpholine rings is 1. The standard InChI is InChI=1S/C12H18N4O4/c17-11(18)10-8-20-7-6-16(10)12(19)14-2-1-4-15-5-3-13-9-15/h3,5,9-10H,1-2,4,6-8H2,(H,14,19)(H,17,18). The molecule has 2 heterocycles. The molecule has 1 fully saturated rings. The highest BCUT2D eigenvalue weighted by Crippen LogP contribution is 2.07. The molecule has 2 N–H and O–H groups in total. The van der Waals surface area contributed by atoms with Gasteiger partial charge in [0.25, 0.3) is 0 Å². The Hall–Kier alpha value is -2.09. The van der Waals surface area contributed by atoms with Gasteiger partial charge in [-0.15, -0.1) is 0 Å². The third-order valence-electron chi connectivity index (χ3n) is 3.10. The van der Waals surface area contributed by atoms with Crippen LogP contribution >= 0.6 is 0 Å². The van der Waals surface area contributed by atoms with Gasteiger partial charge < -0.3 is 24.6 Å². The van der Waals surface area contributed by atoms with Crippen molar-refractivity contribution in [3.05, 3.63) is 18.7 Å². The first kappa shape index (κ1) is 14.3. The van der Waals surface area contributed by atoms with Crippen molar-refractivity contribution in [1.29, 1.82) is 0 Å². The summed E-state index contributed by atoms with van der Waals surface area (Å²) >= 11 is 0. The average molecular weight is 282 g/mol. The SMILES string of the molecule is O=C(O)C1COCCN1C(=O)NCCCn1ccnc1. The van der Waals surface area contributed by atoms with E-state index in [0.29, 0.717) is 19.7 Å². The molecule has 1 aliphatic rings. The van der Waals surface area contributed by atoms with E-state index in [9.17, 15) is 9.59 Å². The van der Waals surface area contributed by atoms with Crippen LogP contribution in [0.2, 0.25) is 0 Å². The molecule has 20 heavy (non-hydrogen) atoms. The Morgan fingerprint density at radius 3 is 3.05 bits per heavy atom. The minimum Gasteiger partial charge on any atom is -0.480 e. The van der Waals surface area contributed by atoms with Gasteiger partial charge in [-0.1, -0.05) is 0 Å². The summed E-state index contributed by atoms with van der Waals surface area (Å²) in [4.78, 5) is 28.2. The van der Waals surface area contributed by atoms with Crippen LogP contribution in [0.5, 0.6) is 0 Å². The van der Waals surface area contributed by atoms with Crippen LogP contribution in [0.25, 0.3) is 0 Å². The number of carbonyl (C=O) groups is 2. The predicted octanol–water partition coefficient (Wildman–Crippen LogP) is -0.232. The lowest BCUT2D eigenvalue weighted by Gasteiger charge is -2.32. The van der Waals surface area contributed by atoms with Gasteiger partial charge in [-0.25, -0.2) is 14.6 Å². The Morgan fingerprint density at radius 2 is 2.35 bits per heavy atom. The number of amides is 2. The lowest BCUT2D eigenvalue weighted by Crippen LogP contribution is -2.55. The average Bonchev–Trinajstić information content (AvgIpc) is 2.96. The van der Waals surface area contributed by atoms with E-state index in [1.807, 2.05) is 10.8 Å². The Bertz CT molecular complexity index is 448. The highest BCUT2D eigenvalue weighted by atomic mass is 16.5. The molecule has 1 atom stereocenters. The van der Waals surface area contributed by atoms with Gasteiger partial charge in [-0.05, 0) is 6.42 Å². The summed E-state index contributed by atoms with van der Waals surface area (Å²) < 4.78 is 7.00. The van der Waals surface area contributed by atoms with Gasteiger partial charge in [0.2, 0.25) is 0 Å². The number of nitrogens with one attached hydrogen (secondary N) is 1. The lowest BCUT2D eigenvalue weighted by atomic mass is 10.2. The van der Waals surface area contributed by atoms with E-state index < -0.39 is 12.0 Å². The monoisotopic (exact) mass is 282 g/mol. The van der Waals surface area contributed by atoms with Gasteiger partial charge in [0.15, 0.2) is 6.04 Å². The number of ether oxygens (including phenoxy) is 1. The molecule has 110 valence electrons. The maximum Gasteiger partial charge on any atom is 0.328 e. The molecule has 0 spiro atoms. The van der Waals surface area contributed by atoms with Gasteiger partial charge in [0.05, 0.1) is 19.5 Å². The second-order valence-corrected chi connectivity index (χ2v) is 4.51. The third kappa shape index (κ3) is 3.70. The summed E-state index contributed by atoms with van der Waals surface area (Å²) in [6.45, 7) is 1.95. The maximum atomic E-state index is 12.0. The van der Waals surface area contributed by atoms with Crippen molar-refractivity contribution in [2.45, 2.75) is 19.0 Å². The van der Waals surface area contributed by atoms with E-state index >= 15 is 0 Å². The van der Waals surface area contributed by atoms with Gasteiger partial charge in [-0.2, -0.15) is 0 Å². The fourth-order valence-corrected chi connectivity index (χ4v) is 2.03. The van der Waals surface area contributed by atoms with Crippen LogP contribution < -0.4 is 5.32 Å². The zero-order valence-electron chi connectivity index (χ0n) is 11.1. The van der Waals surface area contributed by atoms with Gasteiger partial charge in [0, 0.05) is 32.0 Å². The fourth-order valence-electron chi connectivity index (χ4n) is 2.03. The quantitative estimate of drug-likeness (QED) is 0.727. The van der Waals surface area contributed by atoms with E-state index in [1.165, 1.54) is 4.90 Å². The number of hydrogen-bond acceptors (Lipinski definition) is 4. The molecule has 0 bridgehead atoms. The number of aryl methyl sites for hydroxylation is 1. The van der Waals surface area contributed by atoms with Crippen LogP contribution in [0.15, 0.2) is 18.7 Å². The highest BCUT2D eigenvalue weighted by Gasteiger charge is 2.32. The molecule has 0 radical (unpaired) electrons. The van der Waals surface area contributed by atoms with Crippen molar-refractivity contribution in [2.75, 3.05) is 26.3 Å². The largest absolute Gasteiger partial charge is 0.480 e. The van der Waals surface area contributed by atoms with Crippen LogP contribution in [0, 0.1) is 0 Å². The molecule has 8 heteroatoms. The predicted molar refractivity (Wildman–Crippen MR) is 69.2 cm³/mol. The van der Waals surface area contributed by atoms with Crippen molar-refractivity contribution in [2.24, 2.45) is 0 Å². The molecule has 1 aromatic rings. The fraction of sp³-hybridized carbons (Fsp3) is 0.583. The second kappa shape index (κ2) is 6.90. The Kier molecular flexibility index (Phi) is 4.94. The Morgan fingerprint density at radius 1 is 1.50 bits per heavy atom. The highest BCUT2D eigenvalue weighted by molar-refractivity contribution is 5.82. The van der Waals surface area contributed by atoms with E-state index in [-0.39, 0.29) is 12.6 Å².